The molecular formula is C13H13ClF2N2O. The summed E-state index contributed by atoms with van der Waals surface area (Å²) in [6.07, 6.45) is -2.75. The number of hydrogen-bond donors (Lipinski definition) is 1. The molecule has 0 atom stereocenters. The summed E-state index contributed by atoms with van der Waals surface area (Å²) < 4.78 is 26.8. The first-order valence-corrected chi connectivity index (χ1v) is 6.10. The van der Waals surface area contributed by atoms with E-state index < -0.39 is 18.7 Å². The van der Waals surface area contributed by atoms with Gasteiger partial charge in [-0.15, -0.1) is 0 Å². The zero-order valence-electron chi connectivity index (χ0n) is 10.3. The molecule has 0 aliphatic heterocycles. The van der Waals surface area contributed by atoms with Crippen molar-refractivity contribution in [3.8, 4) is 0 Å². The lowest BCUT2D eigenvalue weighted by atomic mass is 10.1. The summed E-state index contributed by atoms with van der Waals surface area (Å²) in [5.74, 6) is 0. The summed E-state index contributed by atoms with van der Waals surface area (Å²) in [5.41, 5.74) is 1.54. The van der Waals surface area contributed by atoms with Crippen molar-refractivity contribution >= 4 is 11.6 Å². The molecule has 6 heteroatoms. The van der Waals surface area contributed by atoms with Crippen molar-refractivity contribution in [3.63, 3.8) is 0 Å². The summed E-state index contributed by atoms with van der Waals surface area (Å²) >= 11 is 5.96. The third kappa shape index (κ3) is 2.93. The molecule has 102 valence electrons. The van der Waals surface area contributed by atoms with Crippen molar-refractivity contribution in [2.45, 2.75) is 26.5 Å². The second kappa shape index (κ2) is 5.67. The van der Waals surface area contributed by atoms with Gasteiger partial charge in [0.15, 0.2) is 0 Å². The van der Waals surface area contributed by atoms with Gasteiger partial charge in [-0.1, -0.05) is 41.4 Å². The van der Waals surface area contributed by atoms with Crippen LogP contribution in [-0.2, 0) is 13.2 Å². The molecule has 1 aromatic carbocycles. The van der Waals surface area contributed by atoms with Crippen molar-refractivity contribution < 1.29 is 13.9 Å². The number of nitrogens with zero attached hydrogens (tertiary/aromatic N) is 2. The minimum atomic E-state index is -2.75. The fourth-order valence-electron chi connectivity index (χ4n) is 1.79. The van der Waals surface area contributed by atoms with E-state index in [1.54, 1.807) is 0 Å². The maximum absolute atomic E-state index is 12.8. The number of halogens is 3. The van der Waals surface area contributed by atoms with Gasteiger partial charge < -0.3 is 5.11 Å². The van der Waals surface area contributed by atoms with E-state index in [-0.39, 0.29) is 10.7 Å². The maximum Gasteiger partial charge on any atom is 0.282 e. The lowest BCUT2D eigenvalue weighted by molar-refractivity contribution is 0.141. The van der Waals surface area contributed by atoms with E-state index in [2.05, 4.69) is 5.10 Å². The van der Waals surface area contributed by atoms with Crippen LogP contribution in [0.3, 0.4) is 0 Å². The Labute approximate surface area is 114 Å². The van der Waals surface area contributed by atoms with Gasteiger partial charge in [0.25, 0.3) is 6.43 Å². The molecule has 1 aromatic heterocycles. The molecule has 0 aliphatic carbocycles. The Morgan fingerprint density at radius 1 is 1.32 bits per heavy atom. The molecule has 1 N–H and O–H groups in total. The molecule has 0 unspecified atom stereocenters. The van der Waals surface area contributed by atoms with Crippen molar-refractivity contribution in [1.29, 1.82) is 0 Å². The van der Waals surface area contributed by atoms with Crippen LogP contribution in [0, 0.1) is 6.92 Å². The molecule has 0 radical (unpaired) electrons. The molecule has 0 bridgehead atoms. The number of alkyl halides is 2. The monoisotopic (exact) mass is 286 g/mol. The van der Waals surface area contributed by atoms with Gasteiger partial charge in [-0.3, -0.25) is 0 Å². The third-order valence-corrected chi connectivity index (χ3v) is 3.25. The van der Waals surface area contributed by atoms with Gasteiger partial charge in [0.1, 0.15) is 10.8 Å². The molecule has 19 heavy (non-hydrogen) atoms. The summed E-state index contributed by atoms with van der Waals surface area (Å²) in [6, 6.07) is 7.61. The van der Waals surface area contributed by atoms with Crippen molar-refractivity contribution in [2.24, 2.45) is 0 Å². The quantitative estimate of drug-likeness (QED) is 0.936. The number of aliphatic hydroxyl groups excluding tert-OH is 1. The minimum Gasteiger partial charge on any atom is -0.391 e. The average Bonchev–Trinajstić information content (AvgIpc) is 2.69. The number of aliphatic hydroxyl groups is 1. The topological polar surface area (TPSA) is 38.0 Å². The van der Waals surface area contributed by atoms with E-state index >= 15 is 0 Å². The molecule has 0 amide bonds. The number of hydrogen-bond acceptors (Lipinski definition) is 2. The zero-order chi connectivity index (χ0) is 14.0. The number of aryl methyl sites for hydroxylation is 1. The van der Waals surface area contributed by atoms with Crippen LogP contribution in [-0.4, -0.2) is 14.9 Å². The Morgan fingerprint density at radius 3 is 2.42 bits per heavy atom. The third-order valence-electron chi connectivity index (χ3n) is 2.83. The second-order valence-electron chi connectivity index (χ2n) is 4.26. The van der Waals surface area contributed by atoms with E-state index in [0.717, 1.165) is 11.1 Å². The zero-order valence-corrected chi connectivity index (χ0v) is 11.0. The molecule has 0 spiro atoms. The number of benzene rings is 1. The van der Waals surface area contributed by atoms with Gasteiger partial charge in [-0.05, 0) is 12.5 Å². The Morgan fingerprint density at radius 2 is 1.95 bits per heavy atom. The van der Waals surface area contributed by atoms with Crippen LogP contribution in [0.2, 0.25) is 5.15 Å². The van der Waals surface area contributed by atoms with Crippen molar-refractivity contribution in [1.82, 2.24) is 9.78 Å². The smallest absolute Gasteiger partial charge is 0.282 e. The van der Waals surface area contributed by atoms with Crippen molar-refractivity contribution in [2.75, 3.05) is 0 Å². The van der Waals surface area contributed by atoms with Crippen LogP contribution in [0.5, 0.6) is 0 Å². The van der Waals surface area contributed by atoms with Crippen LogP contribution in [0.4, 0.5) is 8.78 Å². The number of aromatic nitrogens is 2. The fraction of sp³-hybridized carbons (Fsp3) is 0.308. The summed E-state index contributed by atoms with van der Waals surface area (Å²) in [7, 11) is 0. The first kappa shape index (κ1) is 14.0. The van der Waals surface area contributed by atoms with Gasteiger partial charge >= 0.3 is 0 Å². The average molecular weight is 287 g/mol. The van der Waals surface area contributed by atoms with E-state index in [1.807, 2.05) is 31.2 Å². The molecule has 0 fully saturated rings. The highest BCUT2D eigenvalue weighted by molar-refractivity contribution is 6.30. The Kier molecular flexibility index (Phi) is 4.17. The highest BCUT2D eigenvalue weighted by Crippen LogP contribution is 2.28. The van der Waals surface area contributed by atoms with Crippen LogP contribution >= 0.6 is 11.6 Å². The first-order valence-electron chi connectivity index (χ1n) is 5.72. The lowest BCUT2D eigenvalue weighted by Crippen LogP contribution is -2.02. The molecule has 3 nitrogen and oxygen atoms in total. The summed E-state index contributed by atoms with van der Waals surface area (Å²) in [6.45, 7) is 1.70. The number of rotatable bonds is 4. The van der Waals surface area contributed by atoms with E-state index in [4.69, 9.17) is 16.7 Å². The predicted molar refractivity (Wildman–Crippen MR) is 68.4 cm³/mol. The van der Waals surface area contributed by atoms with Gasteiger partial charge in [0.05, 0.1) is 13.2 Å². The normalized spacial score (nSPS) is 11.3. The largest absolute Gasteiger partial charge is 0.391 e. The van der Waals surface area contributed by atoms with Crippen LogP contribution in [0.1, 0.15) is 28.8 Å². The van der Waals surface area contributed by atoms with Crippen molar-refractivity contribution in [3.05, 3.63) is 51.8 Å². The van der Waals surface area contributed by atoms with Gasteiger partial charge in [0.2, 0.25) is 0 Å². The molecule has 0 aliphatic rings. The molecule has 0 saturated heterocycles. The predicted octanol–water partition coefficient (Wildman–Crippen LogP) is 3.32. The Bertz CT molecular complexity index is 567. The van der Waals surface area contributed by atoms with Crippen LogP contribution in [0.15, 0.2) is 24.3 Å². The molecular weight excluding hydrogens is 274 g/mol. The van der Waals surface area contributed by atoms with E-state index in [9.17, 15) is 8.78 Å². The highest BCUT2D eigenvalue weighted by Gasteiger charge is 2.22. The summed E-state index contributed by atoms with van der Waals surface area (Å²) in [4.78, 5) is 0. The first-order chi connectivity index (χ1) is 9.02. The van der Waals surface area contributed by atoms with E-state index in [0.29, 0.717) is 6.54 Å². The molecule has 0 saturated carbocycles. The second-order valence-corrected chi connectivity index (χ2v) is 4.61. The lowest BCUT2D eigenvalue weighted by Gasteiger charge is -2.04. The van der Waals surface area contributed by atoms with Gasteiger partial charge in [-0.2, -0.15) is 5.10 Å². The van der Waals surface area contributed by atoms with Crippen LogP contribution in [0.25, 0.3) is 0 Å². The summed E-state index contributed by atoms with van der Waals surface area (Å²) in [5, 5.41) is 12.9. The SMILES string of the molecule is Cc1ccc(Cn2nc(C(F)F)c(CO)c2Cl)cc1. The fourth-order valence-corrected chi connectivity index (χ4v) is 2.04. The molecule has 1 heterocycles. The molecule has 2 rings (SSSR count). The molecule has 2 aromatic rings. The maximum atomic E-state index is 12.8. The van der Waals surface area contributed by atoms with E-state index in [1.165, 1.54) is 4.68 Å². The van der Waals surface area contributed by atoms with Gasteiger partial charge in [0, 0.05) is 5.56 Å². The standard InChI is InChI=1S/C13H13ClF2N2O/c1-8-2-4-9(5-3-8)6-18-12(14)10(7-19)11(17-18)13(15)16/h2-5,13,19H,6-7H2,1H3. The minimum absolute atomic E-state index is 0.0104. The highest BCUT2D eigenvalue weighted by atomic mass is 35.5. The Hall–Kier alpha value is -1.46. The van der Waals surface area contributed by atoms with Gasteiger partial charge in [-0.25, -0.2) is 13.5 Å². The Balaban J connectivity index is 2.32. The van der Waals surface area contributed by atoms with Crippen LogP contribution < -0.4 is 0 Å².